The van der Waals surface area contributed by atoms with Crippen LogP contribution in [0.25, 0.3) is 0 Å². The van der Waals surface area contributed by atoms with Gasteiger partial charge in [0, 0.05) is 39.8 Å². The van der Waals surface area contributed by atoms with Crippen molar-refractivity contribution >= 4 is 5.96 Å². The molecular weight excluding hydrogens is 216 g/mol. The molecule has 1 fully saturated rings. The highest BCUT2D eigenvalue weighted by Gasteiger charge is 2.09. The van der Waals surface area contributed by atoms with Crippen LogP contribution in [0.2, 0.25) is 0 Å². The zero-order valence-electron chi connectivity index (χ0n) is 11.0. The molecule has 98 valence electrons. The van der Waals surface area contributed by atoms with E-state index in [1.165, 1.54) is 0 Å². The maximum absolute atomic E-state index is 5.31. The molecule has 0 bridgehead atoms. The Kier molecular flexibility index (Phi) is 6.65. The van der Waals surface area contributed by atoms with E-state index in [2.05, 4.69) is 27.1 Å². The number of nitrogens with one attached hydrogen (secondary N) is 2. The van der Waals surface area contributed by atoms with E-state index >= 15 is 0 Å². The predicted molar refractivity (Wildman–Crippen MR) is 71.4 cm³/mol. The average Bonchev–Trinajstić information content (AvgIpc) is 2.34. The van der Waals surface area contributed by atoms with Gasteiger partial charge >= 0.3 is 0 Å². The number of rotatable bonds is 5. The molecule has 5 nitrogen and oxygen atoms in total. The topological polar surface area (TPSA) is 48.9 Å². The van der Waals surface area contributed by atoms with Crippen molar-refractivity contribution in [2.45, 2.75) is 6.92 Å². The molecule has 1 heterocycles. The third-order valence-corrected chi connectivity index (χ3v) is 2.61. The normalized spacial score (nSPS) is 17.9. The Morgan fingerprint density at radius 1 is 1.35 bits per heavy atom. The number of hydrogen-bond acceptors (Lipinski definition) is 3. The fourth-order valence-electron chi connectivity index (χ4n) is 1.61. The fourth-order valence-corrected chi connectivity index (χ4v) is 1.61. The molecule has 0 aliphatic carbocycles. The van der Waals surface area contributed by atoms with Crippen molar-refractivity contribution in [1.82, 2.24) is 15.5 Å². The van der Waals surface area contributed by atoms with Crippen LogP contribution in [0.1, 0.15) is 6.92 Å². The third-order valence-electron chi connectivity index (χ3n) is 2.61. The Bertz CT molecular complexity index is 259. The molecule has 1 saturated heterocycles. The highest BCUT2D eigenvalue weighted by molar-refractivity contribution is 5.79. The molecule has 0 amide bonds. The molecule has 1 rings (SSSR count). The van der Waals surface area contributed by atoms with Crippen LogP contribution in [0, 0.1) is 0 Å². The van der Waals surface area contributed by atoms with Gasteiger partial charge in [0.15, 0.2) is 5.96 Å². The van der Waals surface area contributed by atoms with Gasteiger partial charge in [0.05, 0.1) is 13.2 Å². The fraction of sp³-hybridized carbons (Fsp3) is 0.750. The molecule has 1 aliphatic heterocycles. The number of aliphatic imine (C=N–C) groups is 1. The zero-order chi connectivity index (χ0) is 12.5. The number of guanidine groups is 1. The first-order valence-corrected chi connectivity index (χ1v) is 6.11. The van der Waals surface area contributed by atoms with Crippen molar-refractivity contribution in [2.75, 3.05) is 53.0 Å². The van der Waals surface area contributed by atoms with Gasteiger partial charge in [-0.05, 0) is 6.92 Å². The van der Waals surface area contributed by atoms with E-state index in [9.17, 15) is 0 Å². The van der Waals surface area contributed by atoms with Crippen LogP contribution >= 0.6 is 0 Å². The summed E-state index contributed by atoms with van der Waals surface area (Å²) in [5, 5.41) is 6.49. The van der Waals surface area contributed by atoms with Crippen LogP contribution < -0.4 is 10.6 Å². The Morgan fingerprint density at radius 3 is 2.65 bits per heavy atom. The summed E-state index contributed by atoms with van der Waals surface area (Å²) < 4.78 is 5.31. The quantitative estimate of drug-likeness (QED) is 0.405. The van der Waals surface area contributed by atoms with Crippen molar-refractivity contribution in [1.29, 1.82) is 0 Å². The monoisotopic (exact) mass is 240 g/mol. The summed E-state index contributed by atoms with van der Waals surface area (Å²) in [7, 11) is 1.78. The molecule has 0 saturated carbocycles. The standard InChI is InChI=1S/C12H24N4O/c1-11(2)10-15-12(13-3)14-4-5-16-6-8-17-9-7-16/h1,4-10H2,2-3H3,(H2,13,14,15). The second-order valence-corrected chi connectivity index (χ2v) is 4.26. The van der Waals surface area contributed by atoms with Crippen molar-refractivity contribution in [2.24, 2.45) is 4.99 Å². The third kappa shape index (κ3) is 6.28. The van der Waals surface area contributed by atoms with Gasteiger partial charge in [-0.1, -0.05) is 12.2 Å². The maximum atomic E-state index is 5.31. The molecule has 1 aliphatic rings. The molecule has 2 N–H and O–H groups in total. The average molecular weight is 240 g/mol. The molecule has 0 aromatic rings. The van der Waals surface area contributed by atoms with E-state index in [1.807, 2.05) is 6.92 Å². The molecule has 0 radical (unpaired) electrons. The molecule has 0 spiro atoms. The van der Waals surface area contributed by atoms with E-state index in [1.54, 1.807) is 7.05 Å². The van der Waals surface area contributed by atoms with Crippen molar-refractivity contribution < 1.29 is 4.74 Å². The molecule has 17 heavy (non-hydrogen) atoms. The number of hydrogen-bond donors (Lipinski definition) is 2. The lowest BCUT2D eigenvalue weighted by Crippen LogP contribution is -2.44. The van der Waals surface area contributed by atoms with Gasteiger partial charge in [0.25, 0.3) is 0 Å². The summed E-state index contributed by atoms with van der Waals surface area (Å²) in [5.41, 5.74) is 1.10. The van der Waals surface area contributed by atoms with Crippen LogP contribution in [0.5, 0.6) is 0 Å². The van der Waals surface area contributed by atoms with E-state index in [0.717, 1.165) is 57.5 Å². The first kappa shape index (κ1) is 14.0. The Labute approximate surface area is 104 Å². The smallest absolute Gasteiger partial charge is 0.191 e. The van der Waals surface area contributed by atoms with E-state index in [0.29, 0.717) is 0 Å². The lowest BCUT2D eigenvalue weighted by atomic mass is 10.3. The highest BCUT2D eigenvalue weighted by Crippen LogP contribution is 1.94. The highest BCUT2D eigenvalue weighted by atomic mass is 16.5. The Morgan fingerprint density at radius 2 is 2.06 bits per heavy atom. The summed E-state index contributed by atoms with van der Waals surface area (Å²) in [6.45, 7) is 12.3. The van der Waals surface area contributed by atoms with Gasteiger partial charge in [0.2, 0.25) is 0 Å². The van der Waals surface area contributed by atoms with Gasteiger partial charge in [-0.25, -0.2) is 0 Å². The minimum Gasteiger partial charge on any atom is -0.379 e. The lowest BCUT2D eigenvalue weighted by Gasteiger charge is -2.26. The first-order chi connectivity index (χ1) is 8.22. The Hall–Kier alpha value is -1.07. The van der Waals surface area contributed by atoms with Crippen LogP contribution in [-0.2, 0) is 4.74 Å². The van der Waals surface area contributed by atoms with E-state index in [-0.39, 0.29) is 0 Å². The summed E-state index contributed by atoms with van der Waals surface area (Å²) in [5.74, 6) is 0.834. The van der Waals surface area contributed by atoms with Gasteiger partial charge in [0.1, 0.15) is 0 Å². The molecule has 0 atom stereocenters. The van der Waals surface area contributed by atoms with Gasteiger partial charge in [-0.3, -0.25) is 9.89 Å². The number of nitrogens with zero attached hydrogens (tertiary/aromatic N) is 2. The summed E-state index contributed by atoms with van der Waals surface area (Å²) in [4.78, 5) is 6.54. The van der Waals surface area contributed by atoms with E-state index < -0.39 is 0 Å². The van der Waals surface area contributed by atoms with Crippen LogP contribution in [0.15, 0.2) is 17.1 Å². The second-order valence-electron chi connectivity index (χ2n) is 4.26. The maximum Gasteiger partial charge on any atom is 0.191 e. The zero-order valence-corrected chi connectivity index (χ0v) is 11.0. The first-order valence-electron chi connectivity index (χ1n) is 6.11. The van der Waals surface area contributed by atoms with Crippen LogP contribution in [0.4, 0.5) is 0 Å². The van der Waals surface area contributed by atoms with Gasteiger partial charge < -0.3 is 15.4 Å². The largest absolute Gasteiger partial charge is 0.379 e. The van der Waals surface area contributed by atoms with Crippen molar-refractivity contribution in [3.8, 4) is 0 Å². The summed E-state index contributed by atoms with van der Waals surface area (Å²) in [6.07, 6.45) is 0. The van der Waals surface area contributed by atoms with Crippen molar-refractivity contribution in [3.05, 3.63) is 12.2 Å². The van der Waals surface area contributed by atoms with Crippen LogP contribution in [-0.4, -0.2) is 63.8 Å². The molecule has 0 aromatic heterocycles. The predicted octanol–water partition coefficient (Wildman–Crippen LogP) is 0.0597. The van der Waals surface area contributed by atoms with E-state index in [4.69, 9.17) is 4.74 Å². The van der Waals surface area contributed by atoms with Gasteiger partial charge in [-0.2, -0.15) is 0 Å². The second kappa shape index (κ2) is 8.08. The van der Waals surface area contributed by atoms with Crippen LogP contribution in [0.3, 0.4) is 0 Å². The molecule has 0 unspecified atom stereocenters. The minimum absolute atomic E-state index is 0.761. The SMILES string of the molecule is C=C(C)CNC(=NC)NCCN1CCOCC1. The summed E-state index contributed by atoms with van der Waals surface area (Å²) in [6, 6.07) is 0. The molecule has 0 aromatic carbocycles. The van der Waals surface area contributed by atoms with Gasteiger partial charge in [-0.15, -0.1) is 0 Å². The molecular formula is C12H24N4O. The lowest BCUT2D eigenvalue weighted by molar-refractivity contribution is 0.0389. The number of ether oxygens (including phenoxy) is 1. The molecule has 5 heteroatoms. The minimum atomic E-state index is 0.761. The Balaban J connectivity index is 2.12. The summed E-state index contributed by atoms with van der Waals surface area (Å²) >= 11 is 0. The van der Waals surface area contributed by atoms with Crippen molar-refractivity contribution in [3.63, 3.8) is 0 Å². The number of morpholine rings is 1.